The molecule has 1 aliphatic heterocycles. The molecule has 2 nitrogen and oxygen atoms in total. The van der Waals surface area contributed by atoms with Crippen LogP contribution in [0.4, 0.5) is 5.69 Å². The van der Waals surface area contributed by atoms with E-state index in [0.29, 0.717) is 6.04 Å². The molecule has 0 fully saturated rings. The summed E-state index contributed by atoms with van der Waals surface area (Å²) < 4.78 is 0. The number of anilines is 1. The summed E-state index contributed by atoms with van der Waals surface area (Å²) >= 11 is 5.60. The molecule has 3 heteroatoms. The van der Waals surface area contributed by atoms with E-state index in [9.17, 15) is 0 Å². The van der Waals surface area contributed by atoms with E-state index in [1.165, 1.54) is 16.8 Å². The van der Waals surface area contributed by atoms with Crippen LogP contribution in [-0.2, 0) is 12.8 Å². The average molecular weight is 296 g/mol. The molecule has 2 aromatic carbocycles. The highest BCUT2D eigenvalue weighted by molar-refractivity contribution is 7.80. The molecule has 0 radical (unpaired) electrons. The zero-order chi connectivity index (χ0) is 14.7. The number of thiocarbonyl (C=S) groups is 1. The lowest BCUT2D eigenvalue weighted by Crippen LogP contribution is -2.43. The molecule has 3 rings (SSSR count). The largest absolute Gasteiger partial charge is 0.362 e. The van der Waals surface area contributed by atoms with Crippen molar-refractivity contribution in [2.45, 2.75) is 25.8 Å². The number of fused-ring (bicyclic) bond motifs is 1. The van der Waals surface area contributed by atoms with Crippen LogP contribution in [0.2, 0.25) is 0 Å². The second-order valence-electron chi connectivity index (χ2n) is 5.52. The monoisotopic (exact) mass is 296 g/mol. The van der Waals surface area contributed by atoms with E-state index in [0.717, 1.165) is 24.5 Å². The maximum atomic E-state index is 5.60. The lowest BCUT2D eigenvalue weighted by atomic mass is 10.1. The molecule has 1 N–H and O–H groups in total. The van der Waals surface area contributed by atoms with Gasteiger partial charge in [0, 0.05) is 18.3 Å². The van der Waals surface area contributed by atoms with Crippen molar-refractivity contribution in [2.75, 3.05) is 11.4 Å². The van der Waals surface area contributed by atoms with Gasteiger partial charge < -0.3 is 10.2 Å². The topological polar surface area (TPSA) is 15.3 Å². The normalized spacial score (nSPS) is 16.6. The maximum Gasteiger partial charge on any atom is 0.173 e. The first kappa shape index (κ1) is 14.1. The molecule has 0 bridgehead atoms. The van der Waals surface area contributed by atoms with Gasteiger partial charge in [0.05, 0.1) is 0 Å². The summed E-state index contributed by atoms with van der Waals surface area (Å²) in [6.07, 6.45) is 2.06. The molecule has 0 saturated heterocycles. The van der Waals surface area contributed by atoms with Crippen molar-refractivity contribution < 1.29 is 0 Å². The third-order valence-electron chi connectivity index (χ3n) is 3.96. The van der Waals surface area contributed by atoms with Gasteiger partial charge in [-0.2, -0.15) is 0 Å². The minimum Gasteiger partial charge on any atom is -0.362 e. The molecule has 0 aliphatic carbocycles. The minimum atomic E-state index is 0.430. The van der Waals surface area contributed by atoms with E-state index in [-0.39, 0.29) is 0 Å². The lowest BCUT2D eigenvalue weighted by molar-refractivity contribution is 0.753. The van der Waals surface area contributed by atoms with Crippen LogP contribution in [0.15, 0.2) is 54.6 Å². The molecule has 21 heavy (non-hydrogen) atoms. The van der Waals surface area contributed by atoms with Gasteiger partial charge in [-0.05, 0) is 49.2 Å². The predicted octanol–water partition coefficient (Wildman–Crippen LogP) is 3.55. The van der Waals surface area contributed by atoms with Gasteiger partial charge in [0.25, 0.3) is 0 Å². The van der Waals surface area contributed by atoms with Gasteiger partial charge in [-0.1, -0.05) is 48.5 Å². The fourth-order valence-electron chi connectivity index (χ4n) is 2.92. The van der Waals surface area contributed by atoms with Gasteiger partial charge in [0.1, 0.15) is 0 Å². The van der Waals surface area contributed by atoms with Crippen molar-refractivity contribution in [1.82, 2.24) is 5.32 Å². The Hall–Kier alpha value is -1.87. The third kappa shape index (κ3) is 3.08. The number of nitrogens with one attached hydrogen (secondary N) is 1. The minimum absolute atomic E-state index is 0.430. The van der Waals surface area contributed by atoms with Gasteiger partial charge in [-0.15, -0.1) is 0 Å². The number of benzene rings is 2. The molecule has 1 atom stereocenters. The second-order valence-corrected chi connectivity index (χ2v) is 5.91. The number of para-hydroxylation sites is 1. The fourth-order valence-corrected chi connectivity index (χ4v) is 3.30. The summed E-state index contributed by atoms with van der Waals surface area (Å²) in [7, 11) is 0. The molecule has 0 spiro atoms. The van der Waals surface area contributed by atoms with Crippen molar-refractivity contribution in [3.63, 3.8) is 0 Å². The first-order chi connectivity index (χ1) is 10.3. The van der Waals surface area contributed by atoms with Crippen molar-refractivity contribution >= 4 is 23.0 Å². The van der Waals surface area contributed by atoms with Crippen LogP contribution >= 0.6 is 12.2 Å². The molecule has 0 saturated carbocycles. The molecule has 0 unspecified atom stereocenters. The van der Waals surface area contributed by atoms with E-state index in [1.807, 2.05) is 6.07 Å². The van der Waals surface area contributed by atoms with E-state index < -0.39 is 0 Å². The molecular weight excluding hydrogens is 276 g/mol. The highest BCUT2D eigenvalue weighted by atomic mass is 32.1. The Morgan fingerprint density at radius 2 is 1.86 bits per heavy atom. The zero-order valence-corrected chi connectivity index (χ0v) is 13.1. The van der Waals surface area contributed by atoms with Crippen LogP contribution in [-0.4, -0.2) is 17.7 Å². The van der Waals surface area contributed by atoms with Crippen LogP contribution in [0.3, 0.4) is 0 Å². The summed E-state index contributed by atoms with van der Waals surface area (Å²) in [5, 5.41) is 4.24. The Morgan fingerprint density at radius 1 is 1.14 bits per heavy atom. The van der Waals surface area contributed by atoms with Crippen LogP contribution in [0.1, 0.15) is 18.1 Å². The molecule has 1 heterocycles. The Morgan fingerprint density at radius 3 is 2.67 bits per heavy atom. The summed E-state index contributed by atoms with van der Waals surface area (Å²) in [6, 6.07) is 19.5. The highest BCUT2D eigenvalue weighted by Gasteiger charge is 2.28. The van der Waals surface area contributed by atoms with E-state index in [2.05, 4.69) is 65.7 Å². The third-order valence-corrected chi connectivity index (χ3v) is 4.30. The van der Waals surface area contributed by atoms with Gasteiger partial charge in [-0.3, -0.25) is 0 Å². The van der Waals surface area contributed by atoms with Gasteiger partial charge in [-0.25, -0.2) is 0 Å². The molecule has 0 aromatic heterocycles. The molecule has 0 amide bonds. The first-order valence-electron chi connectivity index (χ1n) is 7.44. The SMILES string of the molecule is C[C@H]1Cc2ccccc2N1C(=S)NCCc1ccccc1. The predicted molar refractivity (Wildman–Crippen MR) is 92.8 cm³/mol. The van der Waals surface area contributed by atoms with Gasteiger partial charge in [0.2, 0.25) is 0 Å². The number of hydrogen-bond donors (Lipinski definition) is 1. The van der Waals surface area contributed by atoms with Crippen LogP contribution in [0.5, 0.6) is 0 Å². The van der Waals surface area contributed by atoms with Crippen molar-refractivity contribution in [3.05, 3.63) is 65.7 Å². The van der Waals surface area contributed by atoms with E-state index >= 15 is 0 Å². The van der Waals surface area contributed by atoms with Crippen molar-refractivity contribution in [1.29, 1.82) is 0 Å². The van der Waals surface area contributed by atoms with Crippen molar-refractivity contribution in [2.24, 2.45) is 0 Å². The standard InChI is InChI=1S/C18H20N2S/c1-14-13-16-9-5-6-10-17(16)20(14)18(21)19-12-11-15-7-3-2-4-8-15/h2-10,14H,11-13H2,1H3,(H,19,21)/t14-/m0/s1. The van der Waals surface area contributed by atoms with Gasteiger partial charge >= 0.3 is 0 Å². The summed E-state index contributed by atoms with van der Waals surface area (Å²) in [4.78, 5) is 2.25. The quantitative estimate of drug-likeness (QED) is 0.872. The zero-order valence-electron chi connectivity index (χ0n) is 12.3. The van der Waals surface area contributed by atoms with Crippen molar-refractivity contribution in [3.8, 4) is 0 Å². The fraction of sp³-hybridized carbons (Fsp3) is 0.278. The average Bonchev–Trinajstić information content (AvgIpc) is 2.84. The highest BCUT2D eigenvalue weighted by Crippen LogP contribution is 2.31. The summed E-state index contributed by atoms with van der Waals surface area (Å²) in [5.74, 6) is 0. The van der Waals surface area contributed by atoms with E-state index in [1.54, 1.807) is 0 Å². The van der Waals surface area contributed by atoms with Gasteiger partial charge in [0.15, 0.2) is 5.11 Å². The summed E-state index contributed by atoms with van der Waals surface area (Å²) in [6.45, 7) is 3.10. The molecule has 1 aliphatic rings. The van der Waals surface area contributed by atoms with Crippen LogP contribution < -0.4 is 10.2 Å². The Balaban J connectivity index is 1.61. The number of rotatable bonds is 3. The Bertz CT molecular complexity index is 624. The first-order valence-corrected chi connectivity index (χ1v) is 7.85. The Kier molecular flexibility index (Phi) is 4.20. The Labute approximate surface area is 131 Å². The number of hydrogen-bond acceptors (Lipinski definition) is 1. The molecule has 2 aromatic rings. The summed E-state index contributed by atoms with van der Waals surface area (Å²) in [5.41, 5.74) is 3.97. The maximum absolute atomic E-state index is 5.60. The van der Waals surface area contributed by atoms with Crippen LogP contribution in [0.25, 0.3) is 0 Å². The van der Waals surface area contributed by atoms with Crippen LogP contribution in [0, 0.1) is 0 Å². The lowest BCUT2D eigenvalue weighted by Gasteiger charge is -2.26. The molecular formula is C18H20N2S. The second kappa shape index (κ2) is 6.27. The smallest absolute Gasteiger partial charge is 0.173 e. The number of nitrogens with zero attached hydrogens (tertiary/aromatic N) is 1. The molecule has 108 valence electrons. The van der Waals surface area contributed by atoms with E-state index in [4.69, 9.17) is 12.2 Å².